The number of halogens is 1. The fourth-order valence-electron chi connectivity index (χ4n) is 3.16. The van der Waals surface area contributed by atoms with Gasteiger partial charge in [-0.3, -0.25) is 4.79 Å². The normalized spacial score (nSPS) is 12.5. The van der Waals surface area contributed by atoms with Gasteiger partial charge in [-0.2, -0.15) is 4.99 Å². The third kappa shape index (κ3) is 4.77. The zero-order valence-corrected chi connectivity index (χ0v) is 19.4. The van der Waals surface area contributed by atoms with Crippen LogP contribution in [0.4, 0.5) is 0 Å². The zero-order chi connectivity index (χ0) is 21.9. The highest BCUT2D eigenvalue weighted by molar-refractivity contribution is 7.91. The standard InChI is InChI=1S/C21H23ClN2O4S2/c1-4-24-19-17(28-3)12-7-14(2)20(19)29-21(24)23-18(25)6-5-13-30(26,27)16-10-8-15(22)9-11-16/h7-12H,4-6,13H2,1-3H3. The van der Waals surface area contributed by atoms with E-state index in [1.807, 2.05) is 30.5 Å². The van der Waals surface area contributed by atoms with Crippen LogP contribution in [0.5, 0.6) is 5.75 Å². The Balaban J connectivity index is 1.79. The van der Waals surface area contributed by atoms with Crippen LogP contribution in [-0.2, 0) is 21.2 Å². The van der Waals surface area contributed by atoms with E-state index >= 15 is 0 Å². The first kappa shape index (κ1) is 22.5. The van der Waals surface area contributed by atoms with Gasteiger partial charge in [0, 0.05) is 18.0 Å². The summed E-state index contributed by atoms with van der Waals surface area (Å²) in [6.07, 6.45) is 0.257. The third-order valence-electron chi connectivity index (χ3n) is 4.72. The lowest BCUT2D eigenvalue weighted by Crippen LogP contribution is -2.16. The molecule has 0 saturated heterocycles. The molecule has 0 bridgehead atoms. The Bertz CT molecular complexity index is 1240. The predicted octanol–water partition coefficient (Wildman–Crippen LogP) is 4.37. The summed E-state index contributed by atoms with van der Waals surface area (Å²) in [5, 5.41) is 0.474. The molecular weight excluding hydrogens is 444 g/mol. The number of carbonyl (C=O) groups is 1. The van der Waals surface area contributed by atoms with Gasteiger partial charge >= 0.3 is 0 Å². The molecule has 0 aliphatic carbocycles. The summed E-state index contributed by atoms with van der Waals surface area (Å²) >= 11 is 7.24. The van der Waals surface area contributed by atoms with Crippen LogP contribution in [0.1, 0.15) is 25.3 Å². The van der Waals surface area contributed by atoms with Gasteiger partial charge in [0.05, 0.1) is 22.5 Å². The lowest BCUT2D eigenvalue weighted by atomic mass is 10.2. The molecular formula is C21H23ClN2O4S2. The molecule has 0 unspecified atom stereocenters. The molecule has 3 aromatic rings. The van der Waals surface area contributed by atoms with Gasteiger partial charge in [0.25, 0.3) is 0 Å². The molecule has 0 spiro atoms. The number of sulfone groups is 1. The van der Waals surface area contributed by atoms with Crippen molar-refractivity contribution in [3.63, 3.8) is 0 Å². The summed E-state index contributed by atoms with van der Waals surface area (Å²) in [6, 6.07) is 9.91. The average molecular weight is 467 g/mol. The number of aryl methyl sites for hydroxylation is 2. The number of hydrogen-bond acceptors (Lipinski definition) is 5. The number of amides is 1. The molecule has 1 amide bonds. The second kappa shape index (κ2) is 9.32. The number of benzene rings is 2. The van der Waals surface area contributed by atoms with Crippen LogP contribution in [0, 0.1) is 6.92 Å². The van der Waals surface area contributed by atoms with Crippen molar-refractivity contribution >= 4 is 48.9 Å². The Labute approximate surface area is 184 Å². The van der Waals surface area contributed by atoms with E-state index in [4.69, 9.17) is 16.3 Å². The second-order valence-corrected chi connectivity index (χ2v) is 10.3. The van der Waals surface area contributed by atoms with E-state index in [9.17, 15) is 13.2 Å². The van der Waals surface area contributed by atoms with Crippen molar-refractivity contribution in [2.24, 2.45) is 4.99 Å². The summed E-state index contributed by atoms with van der Waals surface area (Å²) < 4.78 is 33.3. The molecule has 3 rings (SSSR count). The predicted molar refractivity (Wildman–Crippen MR) is 120 cm³/mol. The van der Waals surface area contributed by atoms with E-state index in [1.165, 1.54) is 35.6 Å². The number of nitrogens with zero attached hydrogens (tertiary/aromatic N) is 2. The Morgan fingerprint density at radius 1 is 1.20 bits per heavy atom. The third-order valence-corrected chi connectivity index (χ3v) is 8.00. The van der Waals surface area contributed by atoms with Gasteiger partial charge < -0.3 is 9.30 Å². The summed E-state index contributed by atoms with van der Waals surface area (Å²) in [5.41, 5.74) is 2.00. The Kier molecular flexibility index (Phi) is 7.00. The minimum Gasteiger partial charge on any atom is -0.495 e. The highest BCUT2D eigenvalue weighted by Crippen LogP contribution is 2.30. The van der Waals surface area contributed by atoms with Gasteiger partial charge in [-0.1, -0.05) is 29.0 Å². The van der Waals surface area contributed by atoms with Crippen molar-refractivity contribution in [3.8, 4) is 5.75 Å². The van der Waals surface area contributed by atoms with Crippen LogP contribution >= 0.6 is 22.9 Å². The summed E-state index contributed by atoms with van der Waals surface area (Å²) in [6.45, 7) is 4.62. The highest BCUT2D eigenvalue weighted by Gasteiger charge is 2.16. The number of thiazole rings is 1. The van der Waals surface area contributed by atoms with Crippen molar-refractivity contribution in [2.75, 3.05) is 12.9 Å². The monoisotopic (exact) mass is 466 g/mol. The van der Waals surface area contributed by atoms with Gasteiger partial charge in [0.15, 0.2) is 14.6 Å². The molecule has 30 heavy (non-hydrogen) atoms. The minimum absolute atomic E-state index is 0.0564. The number of rotatable bonds is 7. The second-order valence-electron chi connectivity index (χ2n) is 6.77. The van der Waals surface area contributed by atoms with Crippen molar-refractivity contribution in [1.82, 2.24) is 4.57 Å². The van der Waals surface area contributed by atoms with Crippen molar-refractivity contribution in [3.05, 3.63) is 51.8 Å². The molecule has 0 aliphatic heterocycles. The summed E-state index contributed by atoms with van der Waals surface area (Å²) in [4.78, 5) is 17.5. The average Bonchev–Trinajstić information content (AvgIpc) is 3.07. The first-order valence-corrected chi connectivity index (χ1v) is 12.3. The maximum absolute atomic E-state index is 12.4. The molecule has 160 valence electrons. The van der Waals surface area contributed by atoms with Gasteiger partial charge in [-0.15, -0.1) is 0 Å². The molecule has 2 aromatic carbocycles. The number of hydrogen-bond donors (Lipinski definition) is 0. The Morgan fingerprint density at radius 2 is 1.90 bits per heavy atom. The molecule has 0 fully saturated rings. The number of fused-ring (bicyclic) bond motifs is 1. The van der Waals surface area contributed by atoms with Gasteiger partial charge in [0.1, 0.15) is 11.3 Å². The number of aromatic nitrogens is 1. The Hall–Kier alpha value is -2.16. The fourth-order valence-corrected chi connectivity index (χ4v) is 5.79. The van der Waals surface area contributed by atoms with Crippen LogP contribution in [0.2, 0.25) is 5.02 Å². The lowest BCUT2D eigenvalue weighted by molar-refractivity contribution is -0.118. The van der Waals surface area contributed by atoms with Gasteiger partial charge in [-0.25, -0.2) is 8.42 Å². The van der Waals surface area contributed by atoms with Crippen LogP contribution in [0.15, 0.2) is 46.3 Å². The first-order chi connectivity index (χ1) is 14.3. The topological polar surface area (TPSA) is 77.7 Å². The smallest absolute Gasteiger partial charge is 0.248 e. The van der Waals surface area contributed by atoms with Gasteiger partial charge in [-0.05, 0) is 56.2 Å². The van der Waals surface area contributed by atoms with Crippen molar-refractivity contribution in [1.29, 1.82) is 0 Å². The van der Waals surface area contributed by atoms with Crippen LogP contribution in [0.25, 0.3) is 10.2 Å². The molecule has 0 N–H and O–H groups in total. The van der Waals surface area contributed by atoms with E-state index in [0.717, 1.165) is 21.5 Å². The molecule has 9 heteroatoms. The first-order valence-electron chi connectivity index (χ1n) is 9.49. The molecule has 0 atom stereocenters. The van der Waals surface area contributed by atoms with Crippen LogP contribution in [0.3, 0.4) is 0 Å². The number of methoxy groups -OCH3 is 1. The van der Waals surface area contributed by atoms with E-state index in [1.54, 1.807) is 7.11 Å². The number of ether oxygens (including phenoxy) is 1. The zero-order valence-electron chi connectivity index (χ0n) is 17.0. The SMILES string of the molecule is CCn1c(=NC(=O)CCCS(=O)(=O)c2ccc(Cl)cc2)sc2c(C)ccc(OC)c21. The van der Waals surface area contributed by atoms with Crippen molar-refractivity contribution in [2.45, 2.75) is 38.1 Å². The van der Waals surface area contributed by atoms with Crippen LogP contribution < -0.4 is 9.54 Å². The molecule has 6 nitrogen and oxygen atoms in total. The molecule has 0 radical (unpaired) electrons. The number of carbonyl (C=O) groups excluding carboxylic acids is 1. The Morgan fingerprint density at radius 3 is 2.53 bits per heavy atom. The summed E-state index contributed by atoms with van der Waals surface area (Å²) in [5.74, 6) is 0.270. The van der Waals surface area contributed by atoms with Gasteiger partial charge in [0.2, 0.25) is 5.91 Å². The maximum Gasteiger partial charge on any atom is 0.248 e. The maximum atomic E-state index is 12.4. The van der Waals surface area contributed by atoms with E-state index in [2.05, 4.69) is 4.99 Å². The largest absolute Gasteiger partial charge is 0.495 e. The van der Waals surface area contributed by atoms with E-state index in [0.29, 0.717) is 16.4 Å². The molecule has 0 aliphatic rings. The quantitative estimate of drug-likeness (QED) is 0.517. The minimum atomic E-state index is -3.47. The van der Waals surface area contributed by atoms with Crippen LogP contribution in [-0.4, -0.2) is 31.8 Å². The lowest BCUT2D eigenvalue weighted by Gasteiger charge is -2.07. The van der Waals surface area contributed by atoms with E-state index in [-0.39, 0.29) is 29.4 Å². The molecule has 1 aromatic heterocycles. The fraction of sp³-hybridized carbons (Fsp3) is 0.333. The van der Waals surface area contributed by atoms with Crippen molar-refractivity contribution < 1.29 is 17.9 Å². The summed E-state index contributed by atoms with van der Waals surface area (Å²) in [7, 11) is -1.85. The van der Waals surface area contributed by atoms with E-state index < -0.39 is 9.84 Å². The molecule has 0 saturated carbocycles. The highest BCUT2D eigenvalue weighted by atomic mass is 35.5. The molecule has 1 heterocycles.